The molecule has 2 aromatic carbocycles. The first-order valence-corrected chi connectivity index (χ1v) is 10.8. The van der Waals surface area contributed by atoms with Crippen LogP contribution in [0.15, 0.2) is 75.0 Å². The molecule has 0 spiro atoms. The average Bonchev–Trinajstić information content (AvgIpc) is 3.23. The number of carbonyl (C=O) groups excluding carboxylic acids is 1. The highest BCUT2D eigenvalue weighted by Crippen LogP contribution is 2.38. The van der Waals surface area contributed by atoms with Crippen molar-refractivity contribution in [2.24, 2.45) is 0 Å². The third kappa shape index (κ3) is 5.22. The molecule has 0 radical (unpaired) electrons. The van der Waals surface area contributed by atoms with E-state index in [0.717, 1.165) is 15.9 Å². The molecule has 0 atom stereocenters. The minimum Gasteiger partial charge on any atom is -0.423 e. The summed E-state index contributed by atoms with van der Waals surface area (Å²) in [6, 6.07) is 14.2. The zero-order chi connectivity index (χ0) is 23.6. The van der Waals surface area contributed by atoms with Crippen molar-refractivity contribution >= 4 is 56.8 Å². The summed E-state index contributed by atoms with van der Waals surface area (Å²) in [4.78, 5) is 21.0. The van der Waals surface area contributed by atoms with Gasteiger partial charge in [0.05, 0.1) is 27.4 Å². The van der Waals surface area contributed by atoms with Crippen molar-refractivity contribution in [2.75, 3.05) is 11.0 Å². The summed E-state index contributed by atoms with van der Waals surface area (Å²) in [5.41, 5.74) is -0.495. The van der Waals surface area contributed by atoms with E-state index < -0.39 is 17.8 Å². The van der Waals surface area contributed by atoms with Crippen LogP contribution in [0, 0.1) is 0 Å². The van der Waals surface area contributed by atoms with Gasteiger partial charge in [-0.1, -0.05) is 17.8 Å². The molecular formula is C21H14BrF3N4O3S. The van der Waals surface area contributed by atoms with Crippen LogP contribution < -0.4 is 14.0 Å². The third-order valence-electron chi connectivity index (χ3n) is 4.29. The number of nitrogens with one attached hydrogen (secondary N) is 1. The fraction of sp³-hybridized carbons (Fsp3) is 0.0952. The van der Waals surface area contributed by atoms with Crippen LogP contribution in [0.2, 0.25) is 0 Å². The van der Waals surface area contributed by atoms with Crippen molar-refractivity contribution in [1.29, 1.82) is 0 Å². The first-order chi connectivity index (χ1) is 15.7. The Balaban J connectivity index is 1.52. The van der Waals surface area contributed by atoms with Gasteiger partial charge in [-0.3, -0.25) is 0 Å². The number of ether oxygens (including phenoxy) is 1. The zero-order valence-corrected chi connectivity index (χ0v) is 19.2. The number of halogens is 4. The lowest BCUT2D eigenvalue weighted by Gasteiger charge is -2.12. The van der Waals surface area contributed by atoms with Crippen LogP contribution in [0.25, 0.3) is 11.1 Å². The molecule has 2 heterocycles. The first-order valence-electron chi connectivity index (χ1n) is 9.31. The molecule has 0 unspecified atom stereocenters. The quantitative estimate of drug-likeness (QED) is 0.288. The maximum atomic E-state index is 13.2. The lowest BCUT2D eigenvalue weighted by molar-refractivity contribution is -0.136. The number of amides is 1. The number of anilines is 2. The van der Waals surface area contributed by atoms with Gasteiger partial charge in [-0.2, -0.15) is 18.2 Å². The highest BCUT2D eigenvalue weighted by Gasteiger charge is 2.34. The number of carbonyl (C=O) groups is 1. The number of rotatable bonds is 5. The van der Waals surface area contributed by atoms with Gasteiger partial charge in [-0.15, -0.1) is 0 Å². The molecule has 0 aliphatic rings. The predicted molar refractivity (Wildman–Crippen MR) is 120 cm³/mol. The molecule has 2 aromatic heterocycles. The largest absolute Gasteiger partial charge is 0.423 e. The second kappa shape index (κ2) is 9.32. The van der Waals surface area contributed by atoms with E-state index in [4.69, 9.17) is 9.15 Å². The maximum absolute atomic E-state index is 13.2. The van der Waals surface area contributed by atoms with E-state index >= 15 is 0 Å². The van der Waals surface area contributed by atoms with Crippen molar-refractivity contribution in [3.8, 4) is 5.88 Å². The van der Waals surface area contributed by atoms with Crippen LogP contribution in [-0.4, -0.2) is 23.1 Å². The molecule has 7 nitrogen and oxygen atoms in total. The number of pyridine rings is 1. The van der Waals surface area contributed by atoms with Crippen molar-refractivity contribution in [2.45, 2.75) is 16.0 Å². The van der Waals surface area contributed by atoms with Gasteiger partial charge in [-0.25, -0.2) is 13.7 Å². The molecular weight excluding hydrogens is 525 g/mol. The zero-order valence-electron chi connectivity index (χ0n) is 16.8. The standard InChI is InChI=1S/C21H14BrF3N4O3S/c1-26-20(30)32-17-11-14(9-10-27-17)33-13-7-5-12(6-8-13)29(22)19-28-18-15(21(23,24)25)3-2-4-16(18)31-19/h2-11H,1H3,(H,26,30). The SMILES string of the molecule is CNC(=O)Oc1cc(Sc2ccc(N(Br)c3nc4c(C(F)(F)F)cccc4o3)cc2)ccn1. The van der Waals surface area contributed by atoms with Crippen molar-refractivity contribution in [3.63, 3.8) is 0 Å². The number of alkyl halides is 3. The van der Waals surface area contributed by atoms with Crippen LogP contribution in [-0.2, 0) is 6.18 Å². The van der Waals surface area contributed by atoms with Crippen LogP contribution in [0.4, 0.5) is 29.7 Å². The lowest BCUT2D eigenvalue weighted by atomic mass is 10.2. The average molecular weight is 539 g/mol. The lowest BCUT2D eigenvalue weighted by Crippen LogP contribution is -2.22. The first kappa shape index (κ1) is 22.9. The molecule has 0 aliphatic heterocycles. The molecule has 33 heavy (non-hydrogen) atoms. The van der Waals surface area contributed by atoms with E-state index in [2.05, 4.69) is 31.4 Å². The fourth-order valence-corrected chi connectivity index (χ4v) is 4.02. The second-order valence-corrected chi connectivity index (χ2v) is 8.35. The number of para-hydroxylation sites is 1. The molecule has 170 valence electrons. The van der Waals surface area contributed by atoms with Gasteiger partial charge in [0.2, 0.25) is 5.88 Å². The third-order valence-corrected chi connectivity index (χ3v) is 6.00. The summed E-state index contributed by atoms with van der Waals surface area (Å²) >= 11 is 4.72. The topological polar surface area (TPSA) is 80.5 Å². The number of aromatic nitrogens is 2. The monoisotopic (exact) mass is 538 g/mol. The van der Waals surface area contributed by atoms with Crippen molar-refractivity contribution < 1.29 is 27.1 Å². The van der Waals surface area contributed by atoms with Crippen LogP contribution in [0.1, 0.15) is 5.56 Å². The Morgan fingerprint density at radius 3 is 2.61 bits per heavy atom. The number of hydrogen-bond donors (Lipinski definition) is 1. The Kier molecular flexibility index (Phi) is 6.47. The molecule has 4 rings (SSSR count). The molecule has 0 saturated heterocycles. The maximum Gasteiger partial charge on any atom is 0.418 e. The number of oxazole rings is 1. The Morgan fingerprint density at radius 1 is 1.15 bits per heavy atom. The Hall–Kier alpha value is -3.25. The second-order valence-electron chi connectivity index (χ2n) is 6.49. The number of fused-ring (bicyclic) bond motifs is 1. The summed E-state index contributed by atoms with van der Waals surface area (Å²) in [7, 11) is 1.45. The number of hydrogen-bond acceptors (Lipinski definition) is 7. The van der Waals surface area contributed by atoms with Gasteiger partial charge < -0.3 is 14.5 Å². The predicted octanol–water partition coefficient (Wildman–Crippen LogP) is 6.56. The minimum absolute atomic E-state index is 0.0314. The van der Waals surface area contributed by atoms with Gasteiger partial charge >= 0.3 is 18.3 Å². The van der Waals surface area contributed by atoms with Crippen LogP contribution >= 0.6 is 27.9 Å². The van der Waals surface area contributed by atoms with Gasteiger partial charge in [-0.05, 0) is 42.5 Å². The molecule has 0 saturated carbocycles. The van der Waals surface area contributed by atoms with E-state index in [9.17, 15) is 18.0 Å². The Labute approximate surface area is 198 Å². The minimum atomic E-state index is -4.54. The molecule has 0 aliphatic carbocycles. The number of nitrogens with zero attached hydrogens (tertiary/aromatic N) is 3. The van der Waals surface area contributed by atoms with Crippen molar-refractivity contribution in [1.82, 2.24) is 15.3 Å². The van der Waals surface area contributed by atoms with E-state index in [0.29, 0.717) is 5.69 Å². The smallest absolute Gasteiger partial charge is 0.418 e. The fourth-order valence-electron chi connectivity index (χ4n) is 2.80. The summed E-state index contributed by atoms with van der Waals surface area (Å²) < 4.78 is 51.6. The van der Waals surface area contributed by atoms with Gasteiger partial charge in [0, 0.05) is 29.1 Å². The van der Waals surface area contributed by atoms with Gasteiger partial charge in [0.25, 0.3) is 0 Å². The van der Waals surface area contributed by atoms with E-state index in [-0.39, 0.29) is 23.0 Å². The summed E-state index contributed by atoms with van der Waals surface area (Å²) in [6.45, 7) is 0. The van der Waals surface area contributed by atoms with E-state index in [1.165, 1.54) is 41.1 Å². The van der Waals surface area contributed by atoms with Crippen LogP contribution in [0.3, 0.4) is 0 Å². The van der Waals surface area contributed by atoms with E-state index in [1.54, 1.807) is 24.3 Å². The molecule has 1 N–H and O–H groups in total. The summed E-state index contributed by atoms with van der Waals surface area (Å²) in [5, 5.41) is 2.35. The molecule has 0 bridgehead atoms. The molecule has 4 aromatic rings. The van der Waals surface area contributed by atoms with Gasteiger partial charge in [0.1, 0.15) is 5.52 Å². The summed E-state index contributed by atoms with van der Waals surface area (Å²) in [6.07, 6.45) is -3.63. The molecule has 0 fully saturated rings. The van der Waals surface area contributed by atoms with Crippen LogP contribution in [0.5, 0.6) is 5.88 Å². The molecule has 1 amide bonds. The Morgan fingerprint density at radius 2 is 1.91 bits per heavy atom. The highest BCUT2D eigenvalue weighted by atomic mass is 79.9. The normalized spacial score (nSPS) is 11.4. The molecule has 12 heteroatoms. The van der Waals surface area contributed by atoms with Crippen molar-refractivity contribution in [3.05, 3.63) is 66.4 Å². The summed E-state index contributed by atoms with van der Waals surface area (Å²) in [5.74, 6) is 0.164. The number of benzene rings is 2. The Bertz CT molecular complexity index is 1300. The highest BCUT2D eigenvalue weighted by molar-refractivity contribution is 9.10. The van der Waals surface area contributed by atoms with Gasteiger partial charge in [0.15, 0.2) is 5.58 Å². The van der Waals surface area contributed by atoms with E-state index in [1.807, 2.05) is 12.1 Å².